The number of carbonyl (C=O) groups is 1. The van der Waals surface area contributed by atoms with Crippen molar-refractivity contribution < 1.29 is 14.3 Å². The van der Waals surface area contributed by atoms with Crippen molar-refractivity contribution in [3.8, 4) is 23.7 Å². The van der Waals surface area contributed by atoms with Gasteiger partial charge in [-0.2, -0.15) is 5.26 Å². The van der Waals surface area contributed by atoms with Crippen LogP contribution in [0, 0.1) is 23.2 Å². The molecule has 0 bridgehead atoms. The van der Waals surface area contributed by atoms with Gasteiger partial charge in [0.05, 0.1) is 12.7 Å². The van der Waals surface area contributed by atoms with E-state index in [0.29, 0.717) is 23.5 Å². The molecule has 0 amide bonds. The van der Waals surface area contributed by atoms with E-state index in [2.05, 4.69) is 22.6 Å². The average Bonchev–Trinajstić information content (AvgIpc) is 2.60. The molecule has 0 aliphatic rings. The number of nitriles is 1. The SMILES string of the molecule is COC(=O)CC#Cc1ccc(C#N)c(OCc2ccccc2)c1. The molecule has 0 atom stereocenters. The number of methoxy groups -OCH3 is 1. The van der Waals surface area contributed by atoms with Gasteiger partial charge in [-0.15, -0.1) is 0 Å². The minimum Gasteiger partial charge on any atom is -0.487 e. The second-order valence-electron chi connectivity index (χ2n) is 4.65. The van der Waals surface area contributed by atoms with Crippen molar-refractivity contribution in [3.63, 3.8) is 0 Å². The summed E-state index contributed by atoms with van der Waals surface area (Å²) in [6.45, 7) is 0.370. The molecule has 0 unspecified atom stereocenters. The van der Waals surface area contributed by atoms with Crippen LogP contribution >= 0.6 is 0 Å². The molecule has 2 aromatic rings. The van der Waals surface area contributed by atoms with E-state index in [-0.39, 0.29) is 12.4 Å². The third-order valence-corrected chi connectivity index (χ3v) is 3.03. The molecule has 0 radical (unpaired) electrons. The van der Waals surface area contributed by atoms with E-state index in [0.717, 1.165) is 5.56 Å². The molecule has 0 N–H and O–H groups in total. The largest absolute Gasteiger partial charge is 0.487 e. The second-order valence-corrected chi connectivity index (χ2v) is 4.65. The summed E-state index contributed by atoms with van der Waals surface area (Å²) in [6.07, 6.45) is 0.0245. The summed E-state index contributed by atoms with van der Waals surface area (Å²) in [4.78, 5) is 11.0. The van der Waals surface area contributed by atoms with E-state index < -0.39 is 0 Å². The number of rotatable bonds is 4. The van der Waals surface area contributed by atoms with E-state index >= 15 is 0 Å². The molecule has 0 saturated heterocycles. The third-order valence-electron chi connectivity index (χ3n) is 3.03. The van der Waals surface area contributed by atoms with Crippen LogP contribution in [0.4, 0.5) is 0 Å². The summed E-state index contributed by atoms with van der Waals surface area (Å²) in [7, 11) is 1.32. The minimum atomic E-state index is -0.383. The van der Waals surface area contributed by atoms with Gasteiger partial charge in [-0.05, 0) is 23.8 Å². The summed E-state index contributed by atoms with van der Waals surface area (Å²) < 4.78 is 10.2. The van der Waals surface area contributed by atoms with E-state index in [1.165, 1.54) is 7.11 Å². The molecule has 2 aromatic carbocycles. The van der Waals surface area contributed by atoms with Gasteiger partial charge in [0.15, 0.2) is 0 Å². The Hall–Kier alpha value is -3.24. The Morgan fingerprint density at radius 3 is 2.65 bits per heavy atom. The highest BCUT2D eigenvalue weighted by Crippen LogP contribution is 2.20. The summed E-state index contributed by atoms with van der Waals surface area (Å²) >= 11 is 0. The second kappa shape index (κ2) is 8.26. The van der Waals surface area contributed by atoms with Gasteiger partial charge >= 0.3 is 5.97 Å². The Labute approximate surface area is 135 Å². The maximum absolute atomic E-state index is 11.0. The van der Waals surface area contributed by atoms with E-state index in [4.69, 9.17) is 10.00 Å². The van der Waals surface area contributed by atoms with Crippen LogP contribution in [0.1, 0.15) is 23.1 Å². The van der Waals surface area contributed by atoms with Crippen molar-refractivity contribution in [2.24, 2.45) is 0 Å². The van der Waals surface area contributed by atoms with Gasteiger partial charge in [0.1, 0.15) is 24.8 Å². The lowest BCUT2D eigenvalue weighted by Crippen LogP contribution is -1.98. The zero-order chi connectivity index (χ0) is 16.5. The van der Waals surface area contributed by atoms with Crippen molar-refractivity contribution in [2.75, 3.05) is 7.11 Å². The van der Waals surface area contributed by atoms with Crippen LogP contribution in [0.3, 0.4) is 0 Å². The van der Waals surface area contributed by atoms with Gasteiger partial charge in [-0.1, -0.05) is 42.2 Å². The number of hydrogen-bond acceptors (Lipinski definition) is 4. The summed E-state index contributed by atoms with van der Waals surface area (Å²) in [5.74, 6) is 5.68. The molecule has 4 nitrogen and oxygen atoms in total. The fourth-order valence-corrected chi connectivity index (χ4v) is 1.84. The molecule has 0 aliphatic carbocycles. The van der Waals surface area contributed by atoms with Crippen molar-refractivity contribution in [1.82, 2.24) is 0 Å². The number of nitrogens with zero attached hydrogens (tertiary/aromatic N) is 1. The normalized spacial score (nSPS) is 9.22. The first-order valence-electron chi connectivity index (χ1n) is 6.99. The number of hydrogen-bond donors (Lipinski definition) is 0. The molecule has 4 heteroatoms. The van der Waals surface area contributed by atoms with Crippen molar-refractivity contribution >= 4 is 5.97 Å². The summed E-state index contributed by atoms with van der Waals surface area (Å²) in [6, 6.07) is 16.9. The average molecular weight is 305 g/mol. The molecule has 0 spiro atoms. The lowest BCUT2D eigenvalue weighted by molar-refractivity contribution is -0.139. The molecule has 0 fully saturated rings. The van der Waals surface area contributed by atoms with Crippen LogP contribution in [-0.2, 0) is 16.1 Å². The van der Waals surface area contributed by atoms with Gasteiger partial charge in [-0.3, -0.25) is 4.79 Å². The highest BCUT2D eigenvalue weighted by atomic mass is 16.5. The molecular weight excluding hydrogens is 290 g/mol. The van der Waals surface area contributed by atoms with E-state index in [1.54, 1.807) is 18.2 Å². The topological polar surface area (TPSA) is 59.3 Å². The Kier molecular flexibility index (Phi) is 5.80. The van der Waals surface area contributed by atoms with E-state index in [9.17, 15) is 4.79 Å². The summed E-state index contributed by atoms with van der Waals surface area (Å²) in [5, 5.41) is 9.16. The smallest absolute Gasteiger partial charge is 0.317 e. The molecule has 0 heterocycles. The predicted octanol–water partition coefficient (Wildman–Crippen LogP) is 3.05. The van der Waals surface area contributed by atoms with Gasteiger partial charge in [0.2, 0.25) is 0 Å². The monoisotopic (exact) mass is 305 g/mol. The van der Waals surface area contributed by atoms with Crippen molar-refractivity contribution in [1.29, 1.82) is 5.26 Å². The zero-order valence-corrected chi connectivity index (χ0v) is 12.7. The van der Waals surface area contributed by atoms with Crippen molar-refractivity contribution in [3.05, 3.63) is 65.2 Å². The van der Waals surface area contributed by atoms with Gasteiger partial charge in [0, 0.05) is 5.56 Å². The predicted molar refractivity (Wildman–Crippen MR) is 85.4 cm³/mol. The Morgan fingerprint density at radius 1 is 1.17 bits per heavy atom. The maximum atomic E-state index is 11.0. The van der Waals surface area contributed by atoms with Crippen LogP contribution in [0.25, 0.3) is 0 Å². The highest BCUT2D eigenvalue weighted by Gasteiger charge is 2.05. The zero-order valence-electron chi connectivity index (χ0n) is 12.7. The Bertz CT molecular complexity index is 780. The molecule has 2 rings (SSSR count). The van der Waals surface area contributed by atoms with Gasteiger partial charge in [0.25, 0.3) is 0 Å². The first kappa shape index (κ1) is 16.1. The van der Waals surface area contributed by atoms with Gasteiger partial charge < -0.3 is 9.47 Å². The third kappa shape index (κ3) is 4.91. The lowest BCUT2D eigenvalue weighted by atomic mass is 10.1. The molecule has 0 aromatic heterocycles. The molecule has 23 heavy (non-hydrogen) atoms. The first-order valence-corrected chi connectivity index (χ1v) is 6.99. The maximum Gasteiger partial charge on any atom is 0.317 e. The quantitative estimate of drug-likeness (QED) is 0.643. The van der Waals surface area contributed by atoms with Crippen LogP contribution in [-0.4, -0.2) is 13.1 Å². The lowest BCUT2D eigenvalue weighted by Gasteiger charge is -2.08. The highest BCUT2D eigenvalue weighted by molar-refractivity contribution is 5.72. The Morgan fingerprint density at radius 2 is 1.96 bits per heavy atom. The number of carbonyl (C=O) groups excluding carboxylic acids is 1. The fourth-order valence-electron chi connectivity index (χ4n) is 1.84. The number of esters is 1. The number of ether oxygens (including phenoxy) is 2. The standard InChI is InChI=1S/C19H15NO3/c1-22-19(21)9-5-8-15-10-11-17(13-20)18(12-15)23-14-16-6-3-2-4-7-16/h2-4,6-7,10-12H,9,14H2,1H3. The Balaban J connectivity index is 2.12. The fraction of sp³-hybridized carbons (Fsp3) is 0.158. The van der Waals surface area contributed by atoms with Gasteiger partial charge in [-0.25, -0.2) is 0 Å². The molecule has 0 aliphatic heterocycles. The molecule has 114 valence electrons. The van der Waals surface area contributed by atoms with Crippen LogP contribution in [0.2, 0.25) is 0 Å². The minimum absolute atomic E-state index is 0.0245. The summed E-state index contributed by atoms with van der Waals surface area (Å²) in [5.41, 5.74) is 2.13. The van der Waals surface area contributed by atoms with Crippen LogP contribution in [0.15, 0.2) is 48.5 Å². The molecule has 0 saturated carbocycles. The first-order chi connectivity index (χ1) is 11.2. The molecular formula is C19H15NO3. The van der Waals surface area contributed by atoms with E-state index in [1.807, 2.05) is 30.3 Å². The van der Waals surface area contributed by atoms with Crippen LogP contribution in [0.5, 0.6) is 5.75 Å². The van der Waals surface area contributed by atoms with Crippen molar-refractivity contribution in [2.45, 2.75) is 13.0 Å². The van der Waals surface area contributed by atoms with Crippen LogP contribution < -0.4 is 4.74 Å². The number of benzene rings is 2.